The summed E-state index contributed by atoms with van der Waals surface area (Å²) in [5, 5.41) is 0. The highest BCUT2D eigenvalue weighted by Crippen LogP contribution is 2.25. The summed E-state index contributed by atoms with van der Waals surface area (Å²) in [4.78, 5) is 4.24. The van der Waals surface area contributed by atoms with Crippen LogP contribution in [0.5, 0.6) is 0 Å². The number of sulfonamides is 1. The number of nitrogens with zero attached hydrogens (tertiary/aromatic N) is 1. The molecule has 6 heteroatoms. The van der Waals surface area contributed by atoms with E-state index in [0.717, 1.165) is 15.3 Å². The van der Waals surface area contributed by atoms with E-state index >= 15 is 0 Å². The van der Waals surface area contributed by atoms with Crippen LogP contribution in [0.25, 0.3) is 0 Å². The van der Waals surface area contributed by atoms with Crippen LogP contribution in [0.4, 0.5) is 0 Å². The summed E-state index contributed by atoms with van der Waals surface area (Å²) in [6, 6.07) is 11.6. The molecule has 1 heterocycles. The fourth-order valence-corrected chi connectivity index (χ4v) is 5.01. The van der Waals surface area contributed by atoms with Crippen LogP contribution in [0.2, 0.25) is 0 Å². The van der Waals surface area contributed by atoms with Gasteiger partial charge >= 0.3 is 0 Å². The standard InChI is InChI=1S/C16H22N2O2S2/c1-12-10-16(13(2)21-12)22(19,20)17-11-15(18(3)4)14-8-6-5-7-9-14/h5-10,15,17H,11H2,1-4H3. The van der Waals surface area contributed by atoms with E-state index in [1.807, 2.05) is 63.2 Å². The molecule has 0 aliphatic rings. The van der Waals surface area contributed by atoms with Crippen LogP contribution in [0.1, 0.15) is 21.4 Å². The zero-order valence-corrected chi connectivity index (χ0v) is 15.0. The SMILES string of the molecule is Cc1cc(S(=O)(=O)NCC(c2ccccc2)N(C)C)c(C)s1. The minimum atomic E-state index is -3.47. The minimum absolute atomic E-state index is 0.00369. The van der Waals surface area contributed by atoms with Gasteiger partial charge in [-0.1, -0.05) is 30.3 Å². The average Bonchev–Trinajstić information content (AvgIpc) is 2.79. The van der Waals surface area contributed by atoms with Crippen LogP contribution in [-0.2, 0) is 10.0 Å². The Morgan fingerprint density at radius 3 is 2.32 bits per heavy atom. The summed E-state index contributed by atoms with van der Waals surface area (Å²) in [5.74, 6) is 0. The van der Waals surface area contributed by atoms with Gasteiger partial charge in [-0.2, -0.15) is 0 Å². The lowest BCUT2D eigenvalue weighted by molar-refractivity contribution is 0.299. The number of hydrogen-bond donors (Lipinski definition) is 1. The molecule has 0 aliphatic carbocycles. The van der Waals surface area contributed by atoms with Gasteiger partial charge in [0.2, 0.25) is 10.0 Å². The minimum Gasteiger partial charge on any atom is -0.301 e. The number of benzene rings is 1. The number of thiophene rings is 1. The second-order valence-corrected chi connectivity index (χ2v) is 8.72. The Morgan fingerprint density at radius 1 is 1.18 bits per heavy atom. The van der Waals surface area contributed by atoms with Gasteiger partial charge in [-0.15, -0.1) is 11.3 Å². The summed E-state index contributed by atoms with van der Waals surface area (Å²) < 4.78 is 27.8. The Bertz CT molecular complexity index is 722. The molecule has 1 atom stereocenters. The van der Waals surface area contributed by atoms with Crippen molar-refractivity contribution in [2.75, 3.05) is 20.6 Å². The van der Waals surface area contributed by atoms with E-state index in [0.29, 0.717) is 11.4 Å². The van der Waals surface area contributed by atoms with Crippen LogP contribution in [0.15, 0.2) is 41.3 Å². The van der Waals surface area contributed by atoms with Crippen LogP contribution in [0.3, 0.4) is 0 Å². The maximum absolute atomic E-state index is 12.5. The first-order valence-corrected chi connectivity index (χ1v) is 9.39. The number of likely N-dealkylation sites (N-methyl/N-ethyl adjacent to an activating group) is 1. The Morgan fingerprint density at radius 2 is 1.82 bits per heavy atom. The third-order valence-corrected chi connectivity index (χ3v) is 6.20. The molecule has 0 radical (unpaired) electrons. The van der Waals surface area contributed by atoms with Crippen molar-refractivity contribution in [3.63, 3.8) is 0 Å². The predicted molar refractivity (Wildman–Crippen MR) is 91.9 cm³/mol. The van der Waals surface area contributed by atoms with E-state index in [-0.39, 0.29) is 6.04 Å². The molecule has 0 spiro atoms. The van der Waals surface area contributed by atoms with Gasteiger partial charge in [-0.25, -0.2) is 13.1 Å². The first-order valence-electron chi connectivity index (χ1n) is 7.09. The summed E-state index contributed by atoms with van der Waals surface area (Å²) >= 11 is 1.50. The molecule has 1 unspecified atom stereocenters. The van der Waals surface area contributed by atoms with Crippen molar-refractivity contribution in [2.24, 2.45) is 0 Å². The molecule has 2 aromatic rings. The lowest BCUT2D eigenvalue weighted by Crippen LogP contribution is -2.34. The molecule has 1 aromatic carbocycles. The monoisotopic (exact) mass is 338 g/mol. The first-order chi connectivity index (χ1) is 10.3. The third kappa shape index (κ3) is 3.95. The van der Waals surface area contributed by atoms with Crippen LogP contribution in [-0.4, -0.2) is 34.0 Å². The predicted octanol–water partition coefficient (Wildman–Crippen LogP) is 2.95. The molecule has 1 N–H and O–H groups in total. The molecule has 0 saturated carbocycles. The highest BCUT2D eigenvalue weighted by atomic mass is 32.2. The number of rotatable bonds is 6. The molecule has 0 amide bonds. The smallest absolute Gasteiger partial charge is 0.241 e. The molecule has 4 nitrogen and oxygen atoms in total. The fourth-order valence-electron chi connectivity index (χ4n) is 2.41. The average molecular weight is 338 g/mol. The summed E-state index contributed by atoms with van der Waals surface area (Å²) in [6.45, 7) is 4.10. The Balaban J connectivity index is 2.18. The lowest BCUT2D eigenvalue weighted by Gasteiger charge is -2.25. The van der Waals surface area contributed by atoms with E-state index < -0.39 is 10.0 Å². The topological polar surface area (TPSA) is 49.4 Å². The number of aryl methyl sites for hydroxylation is 2. The van der Waals surface area contributed by atoms with E-state index in [1.165, 1.54) is 11.3 Å². The summed E-state index contributed by atoms with van der Waals surface area (Å²) in [7, 11) is 0.428. The lowest BCUT2D eigenvalue weighted by atomic mass is 10.1. The van der Waals surface area contributed by atoms with Crippen molar-refractivity contribution in [1.82, 2.24) is 9.62 Å². The molecular formula is C16H22N2O2S2. The Labute approximate surface area is 136 Å². The molecule has 1 aromatic heterocycles. The van der Waals surface area contributed by atoms with Crippen molar-refractivity contribution < 1.29 is 8.42 Å². The summed E-state index contributed by atoms with van der Waals surface area (Å²) in [5.41, 5.74) is 1.09. The first kappa shape index (κ1) is 17.1. The molecule has 0 saturated heterocycles. The van der Waals surface area contributed by atoms with Gasteiger partial charge in [0.05, 0.1) is 4.90 Å². The van der Waals surface area contributed by atoms with Crippen LogP contribution >= 0.6 is 11.3 Å². The second-order valence-electron chi connectivity index (χ2n) is 5.52. The van der Waals surface area contributed by atoms with Crippen molar-refractivity contribution in [1.29, 1.82) is 0 Å². The Kier molecular flexibility index (Phi) is 5.39. The van der Waals surface area contributed by atoms with Crippen molar-refractivity contribution >= 4 is 21.4 Å². The van der Waals surface area contributed by atoms with Crippen molar-refractivity contribution in [2.45, 2.75) is 24.8 Å². The van der Waals surface area contributed by atoms with E-state index in [4.69, 9.17) is 0 Å². The van der Waals surface area contributed by atoms with Crippen molar-refractivity contribution in [3.8, 4) is 0 Å². The highest BCUT2D eigenvalue weighted by molar-refractivity contribution is 7.89. The van der Waals surface area contributed by atoms with Gasteiger partial charge in [-0.3, -0.25) is 0 Å². The molecular weight excluding hydrogens is 316 g/mol. The molecule has 120 valence electrons. The van der Waals surface area contributed by atoms with Gasteiger partial charge in [0.15, 0.2) is 0 Å². The van der Waals surface area contributed by atoms with E-state index in [2.05, 4.69) is 4.72 Å². The van der Waals surface area contributed by atoms with Gasteiger partial charge in [0, 0.05) is 22.3 Å². The quantitative estimate of drug-likeness (QED) is 0.881. The van der Waals surface area contributed by atoms with Crippen molar-refractivity contribution in [3.05, 3.63) is 51.7 Å². The molecule has 22 heavy (non-hydrogen) atoms. The molecule has 0 bridgehead atoms. The maximum atomic E-state index is 12.5. The number of nitrogens with one attached hydrogen (secondary N) is 1. The molecule has 2 rings (SSSR count). The van der Waals surface area contributed by atoms with Gasteiger partial charge in [0.25, 0.3) is 0 Å². The van der Waals surface area contributed by atoms with Gasteiger partial charge in [0.1, 0.15) is 0 Å². The number of hydrogen-bond acceptors (Lipinski definition) is 4. The zero-order valence-electron chi connectivity index (χ0n) is 13.3. The van der Waals surface area contributed by atoms with E-state index in [9.17, 15) is 8.42 Å². The Hall–Kier alpha value is -1.21. The highest BCUT2D eigenvalue weighted by Gasteiger charge is 2.22. The van der Waals surface area contributed by atoms with Gasteiger partial charge in [-0.05, 0) is 39.6 Å². The van der Waals surface area contributed by atoms with Crippen LogP contribution in [0, 0.1) is 13.8 Å². The molecule has 0 aliphatic heterocycles. The summed E-state index contributed by atoms with van der Waals surface area (Å²) in [6.07, 6.45) is 0. The largest absolute Gasteiger partial charge is 0.301 e. The third-order valence-electron chi connectivity index (χ3n) is 3.56. The second kappa shape index (κ2) is 6.91. The van der Waals surface area contributed by atoms with Gasteiger partial charge < -0.3 is 4.90 Å². The molecule has 0 fully saturated rings. The normalized spacial score (nSPS) is 13.5. The fraction of sp³-hybridized carbons (Fsp3) is 0.375. The van der Waals surface area contributed by atoms with Crippen LogP contribution < -0.4 is 4.72 Å². The maximum Gasteiger partial charge on any atom is 0.241 e. The zero-order chi connectivity index (χ0) is 16.3. The van der Waals surface area contributed by atoms with E-state index in [1.54, 1.807) is 6.07 Å².